The molecular formula is C30H38N4O5. The van der Waals surface area contributed by atoms with Gasteiger partial charge in [-0.2, -0.15) is 5.10 Å². The lowest BCUT2D eigenvalue weighted by Crippen LogP contribution is -2.33. The monoisotopic (exact) mass is 534 g/mol. The molecule has 2 aromatic carbocycles. The molecule has 1 amide bonds. The summed E-state index contributed by atoms with van der Waals surface area (Å²) in [5.74, 6) is 0.385. The normalized spacial score (nSPS) is 12.3. The number of ether oxygens (including phenoxy) is 3. The average molecular weight is 535 g/mol. The first-order chi connectivity index (χ1) is 18.5. The first kappa shape index (κ1) is 28.0. The van der Waals surface area contributed by atoms with E-state index in [1.165, 1.54) is 7.11 Å². The van der Waals surface area contributed by atoms with Crippen LogP contribution in [-0.4, -0.2) is 62.3 Å². The number of benzene rings is 2. The number of alkyl carbamates (subject to hydrolysis) is 1. The van der Waals surface area contributed by atoms with Crippen molar-refractivity contribution in [3.05, 3.63) is 53.2 Å². The van der Waals surface area contributed by atoms with E-state index in [4.69, 9.17) is 19.3 Å². The number of amides is 1. The van der Waals surface area contributed by atoms with Gasteiger partial charge in [-0.1, -0.05) is 12.1 Å². The molecule has 1 heterocycles. The van der Waals surface area contributed by atoms with E-state index in [2.05, 4.69) is 46.6 Å². The molecule has 0 aliphatic heterocycles. The molecule has 0 saturated heterocycles. The Morgan fingerprint density at radius 3 is 2.38 bits per heavy atom. The highest BCUT2D eigenvalue weighted by Crippen LogP contribution is 2.42. The Balaban J connectivity index is 1.65. The number of carbonyl (C=O) groups excluding carboxylic acids is 2. The lowest BCUT2D eigenvalue weighted by molar-refractivity contribution is 0.0522. The van der Waals surface area contributed by atoms with Gasteiger partial charge in [-0.15, -0.1) is 0 Å². The third-order valence-corrected chi connectivity index (χ3v) is 6.66. The van der Waals surface area contributed by atoms with E-state index in [0.717, 1.165) is 51.4 Å². The number of carbonyl (C=O) groups is 2. The molecule has 0 unspecified atom stereocenters. The minimum Gasteiger partial charge on any atom is -0.496 e. The highest BCUT2D eigenvalue weighted by atomic mass is 16.6. The molecule has 4 rings (SSSR count). The largest absolute Gasteiger partial charge is 0.496 e. The number of nitrogens with zero attached hydrogens (tertiary/aromatic N) is 3. The van der Waals surface area contributed by atoms with Crippen LogP contribution in [0, 0.1) is 0 Å². The van der Waals surface area contributed by atoms with Crippen LogP contribution in [0.15, 0.2) is 36.4 Å². The molecular weight excluding hydrogens is 496 g/mol. The summed E-state index contributed by atoms with van der Waals surface area (Å²) in [6.07, 6.45) is 1.53. The molecule has 3 aromatic rings. The fourth-order valence-electron chi connectivity index (χ4n) is 4.82. The molecule has 0 atom stereocenters. The van der Waals surface area contributed by atoms with Gasteiger partial charge in [0.2, 0.25) is 0 Å². The summed E-state index contributed by atoms with van der Waals surface area (Å²) in [6.45, 7) is 6.29. The van der Waals surface area contributed by atoms with E-state index in [1.807, 2.05) is 34.9 Å². The van der Waals surface area contributed by atoms with Gasteiger partial charge in [0.1, 0.15) is 17.0 Å². The van der Waals surface area contributed by atoms with Crippen molar-refractivity contribution in [2.75, 3.05) is 39.8 Å². The Morgan fingerprint density at radius 1 is 1.05 bits per heavy atom. The summed E-state index contributed by atoms with van der Waals surface area (Å²) < 4.78 is 17.9. The molecule has 208 valence electrons. The van der Waals surface area contributed by atoms with Gasteiger partial charge < -0.3 is 24.4 Å². The lowest BCUT2D eigenvalue weighted by Gasteiger charge is -2.20. The van der Waals surface area contributed by atoms with Gasteiger partial charge in [0.05, 0.1) is 19.9 Å². The summed E-state index contributed by atoms with van der Waals surface area (Å²) in [5.41, 5.74) is 6.79. The number of methoxy groups -OCH3 is 2. The van der Waals surface area contributed by atoms with Crippen LogP contribution in [-0.2, 0) is 28.9 Å². The Labute approximate surface area is 230 Å². The smallest absolute Gasteiger partial charge is 0.407 e. The molecule has 0 spiro atoms. The maximum Gasteiger partial charge on any atom is 0.407 e. The van der Waals surface area contributed by atoms with E-state index in [1.54, 1.807) is 11.8 Å². The van der Waals surface area contributed by atoms with Crippen LogP contribution in [0.4, 0.5) is 10.5 Å². The lowest BCUT2D eigenvalue weighted by atomic mass is 9.86. The summed E-state index contributed by atoms with van der Waals surface area (Å²) in [7, 11) is 7.09. The van der Waals surface area contributed by atoms with Gasteiger partial charge in [0, 0.05) is 49.6 Å². The van der Waals surface area contributed by atoms with Gasteiger partial charge in [0.15, 0.2) is 0 Å². The number of nitrogens with one attached hydrogen (secondary N) is 1. The van der Waals surface area contributed by atoms with E-state index in [-0.39, 0.29) is 0 Å². The van der Waals surface area contributed by atoms with E-state index >= 15 is 0 Å². The molecule has 39 heavy (non-hydrogen) atoms. The summed E-state index contributed by atoms with van der Waals surface area (Å²) in [5, 5.41) is 7.65. The highest BCUT2D eigenvalue weighted by molar-refractivity contribution is 5.93. The molecule has 0 radical (unpaired) electrons. The molecule has 0 bridgehead atoms. The summed E-state index contributed by atoms with van der Waals surface area (Å²) >= 11 is 0. The van der Waals surface area contributed by atoms with Crippen molar-refractivity contribution < 1.29 is 23.8 Å². The van der Waals surface area contributed by atoms with Crippen molar-refractivity contribution in [3.8, 4) is 28.1 Å². The van der Waals surface area contributed by atoms with Crippen molar-refractivity contribution in [2.24, 2.45) is 0 Å². The highest BCUT2D eigenvalue weighted by Gasteiger charge is 2.30. The van der Waals surface area contributed by atoms with Crippen LogP contribution >= 0.6 is 0 Å². The molecule has 0 fully saturated rings. The second-order valence-corrected chi connectivity index (χ2v) is 10.8. The molecule has 1 aliphatic rings. The van der Waals surface area contributed by atoms with Gasteiger partial charge >= 0.3 is 12.1 Å². The van der Waals surface area contributed by atoms with E-state index in [0.29, 0.717) is 31.6 Å². The zero-order chi connectivity index (χ0) is 28.3. The van der Waals surface area contributed by atoms with E-state index in [9.17, 15) is 9.59 Å². The molecule has 9 nitrogen and oxygen atoms in total. The van der Waals surface area contributed by atoms with Gasteiger partial charge in [-0.25, -0.2) is 9.59 Å². The van der Waals surface area contributed by atoms with Crippen LogP contribution in [0.1, 0.15) is 48.8 Å². The third-order valence-electron chi connectivity index (χ3n) is 6.66. The van der Waals surface area contributed by atoms with Crippen molar-refractivity contribution in [3.63, 3.8) is 0 Å². The zero-order valence-electron chi connectivity index (χ0n) is 23.9. The maximum absolute atomic E-state index is 12.9. The Hall–Kier alpha value is -4.01. The number of anilines is 1. The maximum atomic E-state index is 12.9. The molecule has 1 aliphatic carbocycles. The molecule has 0 saturated carbocycles. The first-order valence-corrected chi connectivity index (χ1v) is 13.2. The van der Waals surface area contributed by atoms with Crippen molar-refractivity contribution in [2.45, 2.75) is 52.2 Å². The minimum absolute atomic E-state index is 0.390. The molecule has 9 heteroatoms. The number of aromatic nitrogens is 2. The number of esters is 1. The van der Waals surface area contributed by atoms with Crippen LogP contribution in [0.25, 0.3) is 22.4 Å². The van der Waals surface area contributed by atoms with E-state index < -0.39 is 17.7 Å². The van der Waals surface area contributed by atoms with Gasteiger partial charge in [-0.3, -0.25) is 4.68 Å². The SMILES string of the molecule is COC(=O)c1c2c(nn1CCCNC(=O)OC(C)(C)C)-c1cc(-c3ccc(N(C)C)cc3)c(OC)cc1CC2. The minimum atomic E-state index is -0.563. The standard InChI is InChI=1S/C30H38N4O5/c1-30(2,3)39-29(36)31-15-8-16-34-27(28(35)38-7)22-14-11-20-17-25(37-6)23(18-24(20)26(22)32-34)19-9-12-21(13-10-19)33(4)5/h9-10,12-13,17-18H,8,11,14-16H2,1-7H3,(H,31,36). The van der Waals surface area contributed by atoms with Crippen molar-refractivity contribution >= 4 is 17.7 Å². The number of fused-ring (bicyclic) bond motifs is 3. The van der Waals surface area contributed by atoms with Crippen LogP contribution in [0.3, 0.4) is 0 Å². The first-order valence-electron chi connectivity index (χ1n) is 13.2. The fourth-order valence-corrected chi connectivity index (χ4v) is 4.82. The van der Waals surface area contributed by atoms with Crippen LogP contribution in [0.2, 0.25) is 0 Å². The quantitative estimate of drug-likeness (QED) is 0.318. The Morgan fingerprint density at radius 2 is 1.77 bits per heavy atom. The van der Waals surface area contributed by atoms with Gasteiger partial charge in [-0.05, 0) is 75.4 Å². The zero-order valence-corrected chi connectivity index (χ0v) is 23.9. The van der Waals surface area contributed by atoms with Crippen LogP contribution in [0.5, 0.6) is 5.75 Å². The van der Waals surface area contributed by atoms with Crippen molar-refractivity contribution in [1.29, 1.82) is 0 Å². The average Bonchev–Trinajstić information content (AvgIpc) is 3.27. The Bertz CT molecular complexity index is 1350. The summed E-state index contributed by atoms with van der Waals surface area (Å²) in [4.78, 5) is 26.9. The summed E-state index contributed by atoms with van der Waals surface area (Å²) in [6, 6.07) is 12.5. The molecule has 1 aromatic heterocycles. The number of rotatable bonds is 8. The Kier molecular flexibility index (Phi) is 8.18. The number of hydrogen-bond acceptors (Lipinski definition) is 7. The predicted molar refractivity (Wildman–Crippen MR) is 152 cm³/mol. The topological polar surface area (TPSA) is 94.9 Å². The predicted octanol–water partition coefficient (Wildman–Crippen LogP) is 5.09. The second kappa shape index (κ2) is 11.4. The molecule has 1 N–H and O–H groups in total. The fraction of sp³-hybridized carbons (Fsp3) is 0.433. The van der Waals surface area contributed by atoms with Crippen LogP contribution < -0.4 is 15.0 Å². The second-order valence-electron chi connectivity index (χ2n) is 10.8. The third kappa shape index (κ3) is 6.19. The van der Waals surface area contributed by atoms with Crippen molar-refractivity contribution in [1.82, 2.24) is 15.1 Å². The number of hydrogen-bond donors (Lipinski definition) is 1. The number of aryl methyl sites for hydroxylation is 2. The van der Waals surface area contributed by atoms with Gasteiger partial charge in [0.25, 0.3) is 0 Å².